The molecule has 1 aromatic rings. The number of primary sulfonamides is 1. The molecule has 0 saturated carbocycles. The van der Waals surface area contributed by atoms with Gasteiger partial charge in [0.25, 0.3) is 0 Å². The van der Waals surface area contributed by atoms with Crippen LogP contribution in [0.2, 0.25) is 0 Å². The van der Waals surface area contributed by atoms with Gasteiger partial charge in [0.05, 0.1) is 23.8 Å². The molecule has 3 N–H and O–H groups in total. The van der Waals surface area contributed by atoms with Crippen molar-refractivity contribution in [3.63, 3.8) is 0 Å². The predicted octanol–water partition coefficient (Wildman–Crippen LogP) is 1.48. The summed E-state index contributed by atoms with van der Waals surface area (Å²) in [6.07, 6.45) is 0. The number of hydrogen-bond donors (Lipinski definition) is 2. The second kappa shape index (κ2) is 6.65. The summed E-state index contributed by atoms with van der Waals surface area (Å²) < 4.78 is 40.9. The van der Waals surface area contributed by atoms with Gasteiger partial charge < -0.3 is 10.1 Å². The predicted molar refractivity (Wildman–Crippen MR) is 71.9 cm³/mol. The first kappa shape index (κ1) is 15.6. The highest BCUT2D eigenvalue weighted by atomic mass is 32.2. The Kier molecular flexibility index (Phi) is 5.46. The van der Waals surface area contributed by atoms with Gasteiger partial charge in [0.2, 0.25) is 10.0 Å². The Morgan fingerprint density at radius 2 is 2.21 bits per heavy atom. The normalized spacial score (nSPS) is 11.3. The Morgan fingerprint density at radius 3 is 2.74 bits per heavy atom. The lowest BCUT2D eigenvalue weighted by Gasteiger charge is -2.09. The maximum atomic E-state index is 13.6. The number of benzene rings is 1. The minimum Gasteiger partial charge on any atom is -0.380 e. The lowest BCUT2D eigenvalue weighted by atomic mass is 10.3. The fourth-order valence-corrected chi connectivity index (χ4v) is 1.85. The molecule has 0 aromatic heterocycles. The van der Waals surface area contributed by atoms with Crippen molar-refractivity contribution >= 4 is 15.7 Å². The Hall–Kier alpha value is -1.44. The molecule has 19 heavy (non-hydrogen) atoms. The SMILES string of the molecule is C=C(C)COCCNc1ccc(S(N)(=O)=O)cc1F. The van der Waals surface area contributed by atoms with E-state index in [0.29, 0.717) is 19.8 Å². The standard InChI is InChI=1S/C12H17FN2O3S/c1-9(2)8-18-6-5-15-12-4-3-10(7-11(12)13)19(14,16)17/h3-4,7,15H,1,5-6,8H2,2H3,(H2,14,16,17). The molecule has 5 nitrogen and oxygen atoms in total. The van der Waals surface area contributed by atoms with Crippen molar-refractivity contribution in [1.29, 1.82) is 0 Å². The van der Waals surface area contributed by atoms with Crippen LogP contribution in [0.4, 0.5) is 10.1 Å². The van der Waals surface area contributed by atoms with Crippen LogP contribution in [0.1, 0.15) is 6.92 Å². The monoisotopic (exact) mass is 288 g/mol. The van der Waals surface area contributed by atoms with Crippen LogP contribution in [-0.2, 0) is 14.8 Å². The van der Waals surface area contributed by atoms with Crippen molar-refractivity contribution in [1.82, 2.24) is 0 Å². The van der Waals surface area contributed by atoms with Gasteiger partial charge in [0, 0.05) is 6.54 Å². The molecule has 0 unspecified atom stereocenters. The average molecular weight is 288 g/mol. The van der Waals surface area contributed by atoms with Gasteiger partial charge >= 0.3 is 0 Å². The van der Waals surface area contributed by atoms with Gasteiger partial charge in [-0.2, -0.15) is 0 Å². The largest absolute Gasteiger partial charge is 0.380 e. The molecule has 0 spiro atoms. The second-order valence-electron chi connectivity index (χ2n) is 4.12. The Bertz CT molecular complexity index is 558. The third-order valence-electron chi connectivity index (χ3n) is 2.18. The van der Waals surface area contributed by atoms with E-state index in [0.717, 1.165) is 11.6 Å². The van der Waals surface area contributed by atoms with Crippen LogP contribution >= 0.6 is 0 Å². The van der Waals surface area contributed by atoms with Crippen LogP contribution in [0.3, 0.4) is 0 Å². The lowest BCUT2D eigenvalue weighted by molar-refractivity contribution is 0.167. The molecular weight excluding hydrogens is 271 g/mol. The summed E-state index contributed by atoms with van der Waals surface area (Å²) in [6, 6.07) is 3.45. The summed E-state index contributed by atoms with van der Waals surface area (Å²) in [6.45, 7) is 6.78. The zero-order chi connectivity index (χ0) is 14.5. The zero-order valence-corrected chi connectivity index (χ0v) is 11.5. The zero-order valence-electron chi connectivity index (χ0n) is 10.6. The molecular formula is C12H17FN2O3S. The van der Waals surface area contributed by atoms with Crippen LogP contribution < -0.4 is 10.5 Å². The molecule has 1 aromatic carbocycles. The summed E-state index contributed by atoms with van der Waals surface area (Å²) in [4.78, 5) is -0.255. The topological polar surface area (TPSA) is 81.4 Å². The van der Waals surface area contributed by atoms with Crippen LogP contribution in [0, 0.1) is 5.82 Å². The smallest absolute Gasteiger partial charge is 0.238 e. The van der Waals surface area contributed by atoms with Gasteiger partial charge in [-0.1, -0.05) is 12.2 Å². The van der Waals surface area contributed by atoms with Gasteiger partial charge in [0.15, 0.2) is 0 Å². The Labute approximate surface area is 112 Å². The molecule has 0 atom stereocenters. The number of sulfonamides is 1. The molecule has 0 fully saturated rings. The number of anilines is 1. The molecule has 1 rings (SSSR count). The van der Waals surface area contributed by atoms with Crippen LogP contribution in [0.25, 0.3) is 0 Å². The summed E-state index contributed by atoms with van der Waals surface area (Å²) in [7, 11) is -3.88. The molecule has 0 aliphatic carbocycles. The first-order valence-electron chi connectivity index (χ1n) is 5.59. The van der Waals surface area contributed by atoms with Crippen molar-refractivity contribution in [2.45, 2.75) is 11.8 Å². The highest BCUT2D eigenvalue weighted by molar-refractivity contribution is 7.89. The molecule has 0 aliphatic heterocycles. The molecule has 7 heteroatoms. The van der Waals surface area contributed by atoms with Crippen molar-refractivity contribution in [2.75, 3.05) is 25.1 Å². The van der Waals surface area contributed by atoms with Gasteiger partial charge in [-0.25, -0.2) is 17.9 Å². The van der Waals surface area contributed by atoms with E-state index in [4.69, 9.17) is 9.88 Å². The first-order valence-corrected chi connectivity index (χ1v) is 7.13. The molecule has 0 heterocycles. The quantitative estimate of drug-likeness (QED) is 0.588. The maximum Gasteiger partial charge on any atom is 0.238 e. The van der Waals surface area contributed by atoms with Crippen LogP contribution in [0.15, 0.2) is 35.2 Å². The van der Waals surface area contributed by atoms with E-state index in [1.165, 1.54) is 12.1 Å². The molecule has 0 bridgehead atoms. The fourth-order valence-electron chi connectivity index (χ4n) is 1.32. The van der Waals surface area contributed by atoms with E-state index in [2.05, 4.69) is 11.9 Å². The number of hydrogen-bond acceptors (Lipinski definition) is 4. The van der Waals surface area contributed by atoms with Gasteiger partial charge in [-0.3, -0.25) is 0 Å². The van der Waals surface area contributed by atoms with Crippen LogP contribution in [0.5, 0.6) is 0 Å². The van der Waals surface area contributed by atoms with E-state index in [1.54, 1.807) is 0 Å². The first-order chi connectivity index (χ1) is 8.80. The molecule has 106 valence electrons. The summed E-state index contributed by atoms with van der Waals surface area (Å²) in [5, 5.41) is 7.70. The summed E-state index contributed by atoms with van der Waals surface area (Å²) in [5.74, 6) is -0.675. The summed E-state index contributed by atoms with van der Waals surface area (Å²) >= 11 is 0. The van der Waals surface area contributed by atoms with Crippen molar-refractivity contribution in [3.8, 4) is 0 Å². The Balaban J connectivity index is 2.54. The van der Waals surface area contributed by atoms with E-state index >= 15 is 0 Å². The second-order valence-corrected chi connectivity index (χ2v) is 5.68. The summed E-state index contributed by atoms with van der Waals surface area (Å²) in [5.41, 5.74) is 1.11. The number of ether oxygens (including phenoxy) is 1. The van der Waals surface area contributed by atoms with E-state index in [-0.39, 0.29) is 10.6 Å². The van der Waals surface area contributed by atoms with E-state index in [1.807, 2.05) is 6.92 Å². The van der Waals surface area contributed by atoms with Gasteiger partial charge in [-0.15, -0.1) is 0 Å². The molecule has 0 amide bonds. The minimum absolute atomic E-state index is 0.200. The maximum absolute atomic E-state index is 13.6. The highest BCUT2D eigenvalue weighted by Gasteiger charge is 2.11. The molecule has 0 radical (unpaired) electrons. The highest BCUT2D eigenvalue weighted by Crippen LogP contribution is 2.17. The van der Waals surface area contributed by atoms with Crippen molar-refractivity contribution in [2.24, 2.45) is 5.14 Å². The minimum atomic E-state index is -3.88. The Morgan fingerprint density at radius 1 is 1.53 bits per heavy atom. The third-order valence-corrected chi connectivity index (χ3v) is 3.09. The number of nitrogens with two attached hydrogens (primary N) is 1. The third kappa shape index (κ3) is 5.37. The fraction of sp³-hybridized carbons (Fsp3) is 0.333. The lowest BCUT2D eigenvalue weighted by Crippen LogP contribution is -2.14. The van der Waals surface area contributed by atoms with Crippen LogP contribution in [-0.4, -0.2) is 28.2 Å². The number of rotatable bonds is 7. The average Bonchev–Trinajstić information content (AvgIpc) is 2.28. The van der Waals surface area contributed by atoms with E-state index < -0.39 is 15.8 Å². The van der Waals surface area contributed by atoms with Gasteiger partial charge in [0.1, 0.15) is 5.82 Å². The molecule has 0 aliphatic rings. The van der Waals surface area contributed by atoms with E-state index in [9.17, 15) is 12.8 Å². The van der Waals surface area contributed by atoms with Crippen molar-refractivity contribution in [3.05, 3.63) is 36.2 Å². The van der Waals surface area contributed by atoms with Gasteiger partial charge in [-0.05, 0) is 25.1 Å². The number of nitrogens with one attached hydrogen (secondary N) is 1. The number of halogens is 1. The van der Waals surface area contributed by atoms with Crippen molar-refractivity contribution < 1.29 is 17.5 Å². The molecule has 0 saturated heterocycles.